The highest BCUT2D eigenvalue weighted by Gasteiger charge is 2.21. The zero-order valence-electron chi connectivity index (χ0n) is 11.5. The van der Waals surface area contributed by atoms with Gasteiger partial charge in [0, 0.05) is 18.9 Å². The second-order valence-corrected chi connectivity index (χ2v) is 4.48. The predicted molar refractivity (Wildman–Crippen MR) is 68.7 cm³/mol. The molecule has 9 heteroatoms. The highest BCUT2D eigenvalue weighted by atomic mass is 19.3. The highest BCUT2D eigenvalue weighted by molar-refractivity contribution is 5.92. The van der Waals surface area contributed by atoms with Crippen molar-refractivity contribution in [2.24, 2.45) is 7.05 Å². The van der Waals surface area contributed by atoms with Crippen molar-refractivity contribution in [3.63, 3.8) is 0 Å². The van der Waals surface area contributed by atoms with Gasteiger partial charge in [-0.25, -0.2) is 4.68 Å². The molecule has 7 nitrogen and oxygen atoms in total. The molecule has 0 unspecified atom stereocenters. The van der Waals surface area contributed by atoms with Crippen LogP contribution < -0.4 is 5.32 Å². The first-order valence-corrected chi connectivity index (χ1v) is 6.18. The number of nitrogens with zero attached hydrogens (tertiary/aromatic N) is 4. The topological polar surface area (TPSA) is 85.0 Å². The van der Waals surface area contributed by atoms with E-state index in [0.29, 0.717) is 10.4 Å². The van der Waals surface area contributed by atoms with Gasteiger partial charge in [-0.3, -0.25) is 9.48 Å². The minimum atomic E-state index is -2.81. The summed E-state index contributed by atoms with van der Waals surface area (Å²) in [5, 5.41) is 19.4. The van der Waals surface area contributed by atoms with Gasteiger partial charge < -0.3 is 10.4 Å². The maximum absolute atomic E-state index is 12.6. The Hall–Kier alpha value is -2.29. The number of hydrogen-bond acceptors (Lipinski definition) is 4. The van der Waals surface area contributed by atoms with Crippen molar-refractivity contribution in [3.05, 3.63) is 35.4 Å². The summed E-state index contributed by atoms with van der Waals surface area (Å²) in [6, 6.07) is 2.21. The first-order valence-electron chi connectivity index (χ1n) is 6.18. The second kappa shape index (κ2) is 6.00. The minimum absolute atomic E-state index is 0.131. The molecule has 0 saturated heterocycles. The van der Waals surface area contributed by atoms with E-state index >= 15 is 0 Å². The van der Waals surface area contributed by atoms with Crippen LogP contribution in [-0.2, 0) is 7.05 Å². The lowest BCUT2D eigenvalue weighted by atomic mass is 10.2. The van der Waals surface area contributed by atoms with Crippen LogP contribution in [0.4, 0.5) is 8.78 Å². The zero-order chi connectivity index (χ0) is 15.6. The molecule has 114 valence electrons. The van der Waals surface area contributed by atoms with Crippen LogP contribution in [0.5, 0.6) is 0 Å². The van der Waals surface area contributed by atoms with Crippen LogP contribution in [0.3, 0.4) is 0 Å². The van der Waals surface area contributed by atoms with Crippen molar-refractivity contribution >= 4 is 5.91 Å². The average Bonchev–Trinajstić information content (AvgIpc) is 3.02. The molecule has 0 radical (unpaired) electrons. The quantitative estimate of drug-likeness (QED) is 0.854. The van der Waals surface area contributed by atoms with Gasteiger partial charge in [0.05, 0.1) is 18.3 Å². The summed E-state index contributed by atoms with van der Waals surface area (Å²) in [4.78, 5) is 12.0. The Morgan fingerprint density at radius 2 is 2.24 bits per heavy atom. The van der Waals surface area contributed by atoms with Gasteiger partial charge in [-0.1, -0.05) is 0 Å². The summed E-state index contributed by atoms with van der Waals surface area (Å²) in [6.07, 6.45) is 1.53. The van der Waals surface area contributed by atoms with E-state index in [1.165, 1.54) is 23.9 Å². The molecule has 2 rings (SSSR count). The number of aliphatic hydroxyl groups excluding tert-OH is 1. The Morgan fingerprint density at radius 3 is 2.71 bits per heavy atom. The Labute approximate surface area is 119 Å². The lowest BCUT2D eigenvalue weighted by Crippen LogP contribution is -2.32. The highest BCUT2D eigenvalue weighted by Crippen LogP contribution is 2.15. The number of aryl methyl sites for hydroxylation is 2. The molecule has 2 N–H and O–H groups in total. The Kier molecular flexibility index (Phi) is 4.32. The number of nitrogens with one attached hydrogen (secondary N) is 1. The van der Waals surface area contributed by atoms with Crippen LogP contribution in [0.1, 0.15) is 34.5 Å². The van der Waals surface area contributed by atoms with Crippen molar-refractivity contribution in [2.45, 2.75) is 19.5 Å². The molecule has 21 heavy (non-hydrogen) atoms. The molecule has 0 aliphatic heterocycles. The monoisotopic (exact) mass is 299 g/mol. The molecule has 0 fully saturated rings. The van der Waals surface area contributed by atoms with Crippen LogP contribution in [-0.4, -0.2) is 37.2 Å². The van der Waals surface area contributed by atoms with E-state index in [0.717, 1.165) is 0 Å². The van der Waals surface area contributed by atoms with Crippen molar-refractivity contribution in [2.75, 3.05) is 6.61 Å². The van der Waals surface area contributed by atoms with Gasteiger partial charge in [-0.2, -0.15) is 19.0 Å². The SMILES string of the molecule is Cc1cc(C(=O)N[C@@H](CO)c2ccnn2C)nn1C(F)F. The van der Waals surface area contributed by atoms with E-state index in [1.54, 1.807) is 13.1 Å². The maximum atomic E-state index is 12.6. The first-order chi connectivity index (χ1) is 9.93. The molecule has 1 amide bonds. The Morgan fingerprint density at radius 1 is 1.52 bits per heavy atom. The van der Waals surface area contributed by atoms with E-state index in [-0.39, 0.29) is 18.0 Å². The molecular formula is C12H15F2N5O2. The van der Waals surface area contributed by atoms with Crippen LogP contribution in [0.25, 0.3) is 0 Å². The fourth-order valence-corrected chi connectivity index (χ4v) is 1.97. The number of amides is 1. The van der Waals surface area contributed by atoms with Crippen LogP contribution in [0.2, 0.25) is 0 Å². The Bertz CT molecular complexity index is 637. The third kappa shape index (κ3) is 3.07. The fraction of sp³-hybridized carbons (Fsp3) is 0.417. The molecule has 0 saturated carbocycles. The van der Waals surface area contributed by atoms with E-state index in [2.05, 4.69) is 15.5 Å². The number of halogens is 2. The number of rotatable bonds is 5. The summed E-state index contributed by atoms with van der Waals surface area (Å²) < 4.78 is 27.2. The number of aromatic nitrogens is 4. The van der Waals surface area contributed by atoms with Crippen molar-refractivity contribution in [1.29, 1.82) is 0 Å². The summed E-state index contributed by atoms with van der Waals surface area (Å²) in [5.41, 5.74) is 0.639. The zero-order valence-corrected chi connectivity index (χ0v) is 11.5. The van der Waals surface area contributed by atoms with Gasteiger partial charge in [0.2, 0.25) is 0 Å². The van der Waals surface area contributed by atoms with E-state index < -0.39 is 18.5 Å². The van der Waals surface area contributed by atoms with Crippen LogP contribution in [0, 0.1) is 6.92 Å². The average molecular weight is 299 g/mol. The molecule has 0 aromatic carbocycles. The van der Waals surface area contributed by atoms with Gasteiger partial charge in [0.1, 0.15) is 0 Å². The number of carbonyl (C=O) groups is 1. The largest absolute Gasteiger partial charge is 0.394 e. The normalized spacial score (nSPS) is 12.7. The van der Waals surface area contributed by atoms with Crippen molar-refractivity contribution in [3.8, 4) is 0 Å². The summed E-state index contributed by atoms with van der Waals surface area (Å²) in [5.74, 6) is -0.641. The molecule has 2 heterocycles. The molecule has 2 aromatic rings. The van der Waals surface area contributed by atoms with E-state index in [4.69, 9.17) is 0 Å². The fourth-order valence-electron chi connectivity index (χ4n) is 1.97. The molecule has 1 atom stereocenters. The molecule has 2 aromatic heterocycles. The van der Waals surface area contributed by atoms with Crippen LogP contribution >= 0.6 is 0 Å². The third-order valence-corrected chi connectivity index (χ3v) is 3.04. The second-order valence-electron chi connectivity index (χ2n) is 4.48. The first kappa shape index (κ1) is 15.1. The lowest BCUT2D eigenvalue weighted by molar-refractivity contribution is 0.0538. The molecule has 0 spiro atoms. The number of carbonyl (C=O) groups excluding carboxylic acids is 1. The number of hydrogen-bond donors (Lipinski definition) is 2. The Balaban J connectivity index is 2.17. The number of aliphatic hydroxyl groups is 1. The third-order valence-electron chi connectivity index (χ3n) is 3.04. The van der Waals surface area contributed by atoms with Gasteiger partial charge >= 0.3 is 6.55 Å². The molecule has 0 aliphatic rings. The summed E-state index contributed by atoms with van der Waals surface area (Å²) in [6.45, 7) is -1.72. The van der Waals surface area contributed by atoms with Crippen molar-refractivity contribution in [1.82, 2.24) is 24.9 Å². The number of alkyl halides is 2. The standard InChI is InChI=1S/C12H15F2N5O2/c1-7-5-8(17-19(7)12(13)14)11(21)16-9(6-20)10-3-4-15-18(10)2/h3-5,9,12,20H,6H2,1-2H3,(H,16,21)/t9-/m0/s1. The predicted octanol–water partition coefficient (Wildman–Crippen LogP) is 0.784. The molecular weight excluding hydrogens is 284 g/mol. The molecule has 0 bridgehead atoms. The van der Waals surface area contributed by atoms with Crippen molar-refractivity contribution < 1.29 is 18.7 Å². The van der Waals surface area contributed by atoms with E-state index in [1.807, 2.05) is 0 Å². The van der Waals surface area contributed by atoms with Gasteiger partial charge in [0.15, 0.2) is 5.69 Å². The van der Waals surface area contributed by atoms with Gasteiger partial charge in [-0.15, -0.1) is 0 Å². The summed E-state index contributed by atoms with van der Waals surface area (Å²) in [7, 11) is 1.67. The summed E-state index contributed by atoms with van der Waals surface area (Å²) >= 11 is 0. The van der Waals surface area contributed by atoms with E-state index in [9.17, 15) is 18.7 Å². The van der Waals surface area contributed by atoms with Crippen LogP contribution in [0.15, 0.2) is 18.3 Å². The minimum Gasteiger partial charge on any atom is -0.394 e. The smallest absolute Gasteiger partial charge is 0.333 e. The maximum Gasteiger partial charge on any atom is 0.333 e. The van der Waals surface area contributed by atoms with Gasteiger partial charge in [0.25, 0.3) is 5.91 Å². The lowest BCUT2D eigenvalue weighted by Gasteiger charge is -2.15. The van der Waals surface area contributed by atoms with Gasteiger partial charge in [-0.05, 0) is 19.1 Å². The molecule has 0 aliphatic carbocycles.